The van der Waals surface area contributed by atoms with Gasteiger partial charge in [0.15, 0.2) is 0 Å². The molecular formula is C24H34N2S3. The Morgan fingerprint density at radius 2 is 1.72 bits per heavy atom. The molecule has 0 radical (unpaired) electrons. The van der Waals surface area contributed by atoms with Gasteiger partial charge in [0.25, 0.3) is 0 Å². The van der Waals surface area contributed by atoms with Crippen LogP contribution in [0.1, 0.15) is 68.9 Å². The van der Waals surface area contributed by atoms with Crippen molar-refractivity contribution in [2.24, 2.45) is 0 Å². The van der Waals surface area contributed by atoms with E-state index in [4.69, 9.17) is 12.2 Å². The number of anilines is 1. The lowest BCUT2D eigenvalue weighted by atomic mass is 9.92. The number of aryl methyl sites for hydroxylation is 1. The van der Waals surface area contributed by atoms with Gasteiger partial charge in [-0.2, -0.15) is 0 Å². The topological polar surface area (TPSA) is 24.9 Å². The Balaban J connectivity index is 2.17. The molecule has 0 aliphatic heterocycles. The highest BCUT2D eigenvalue weighted by Gasteiger charge is 2.20. The van der Waals surface area contributed by atoms with Gasteiger partial charge in [-0.3, -0.25) is 0 Å². The molecule has 2 nitrogen and oxygen atoms in total. The van der Waals surface area contributed by atoms with Gasteiger partial charge in [-0.05, 0) is 37.0 Å². The summed E-state index contributed by atoms with van der Waals surface area (Å²) in [6.45, 7) is 4.38. The van der Waals surface area contributed by atoms with Crippen molar-refractivity contribution >= 4 is 46.4 Å². The largest absolute Gasteiger partial charge is 0.346 e. The van der Waals surface area contributed by atoms with E-state index in [1.165, 1.54) is 54.5 Å². The average molecular weight is 447 g/mol. The van der Waals surface area contributed by atoms with Gasteiger partial charge in [-0.15, -0.1) is 23.5 Å². The Morgan fingerprint density at radius 3 is 2.38 bits per heavy atom. The number of nitrogens with zero attached hydrogens (tertiary/aromatic N) is 1. The number of thioether (sulfide) groups is 2. The van der Waals surface area contributed by atoms with Gasteiger partial charge in [-0.25, -0.2) is 4.98 Å². The predicted octanol–water partition coefficient (Wildman–Crippen LogP) is 8.11. The summed E-state index contributed by atoms with van der Waals surface area (Å²) in [5, 5.41) is 4.62. The third-order valence-electron chi connectivity index (χ3n) is 5.18. The maximum absolute atomic E-state index is 5.96. The lowest BCUT2D eigenvalue weighted by Crippen LogP contribution is -2.20. The molecule has 0 saturated heterocycles. The maximum atomic E-state index is 5.96. The molecule has 2 aromatic rings. The molecule has 2 rings (SSSR count). The molecule has 0 spiro atoms. The fraction of sp³-hybridized carbons (Fsp3) is 0.500. The van der Waals surface area contributed by atoms with Crippen LogP contribution in [0.4, 0.5) is 5.69 Å². The Hall–Kier alpha value is -1.04. The quantitative estimate of drug-likeness (QED) is 0.202. The number of thiocarbonyl (C=S) groups is 1. The number of rotatable bonds is 12. The number of benzene rings is 1. The van der Waals surface area contributed by atoms with Crippen molar-refractivity contribution in [1.82, 2.24) is 4.98 Å². The van der Waals surface area contributed by atoms with Gasteiger partial charge in [0.2, 0.25) is 0 Å². The van der Waals surface area contributed by atoms with Crippen LogP contribution in [0, 0.1) is 6.92 Å². The number of hydrogen-bond acceptors (Lipinski definition) is 4. The summed E-state index contributed by atoms with van der Waals surface area (Å²) in [6.07, 6.45) is 15.0. The number of aromatic nitrogens is 1. The normalized spacial score (nSPS) is 12.0. The van der Waals surface area contributed by atoms with Crippen LogP contribution in [0.25, 0.3) is 0 Å². The smallest absolute Gasteiger partial charge is 0.120 e. The van der Waals surface area contributed by atoms with Crippen molar-refractivity contribution in [2.45, 2.75) is 74.6 Å². The molecule has 1 atom stereocenters. The lowest BCUT2D eigenvalue weighted by molar-refractivity contribution is 0.580. The van der Waals surface area contributed by atoms with Crippen molar-refractivity contribution in [1.29, 1.82) is 0 Å². The highest BCUT2D eigenvalue weighted by Crippen LogP contribution is 2.36. The summed E-state index contributed by atoms with van der Waals surface area (Å²) < 4.78 is 0. The second-order valence-electron chi connectivity index (χ2n) is 7.37. The van der Waals surface area contributed by atoms with Crippen molar-refractivity contribution in [3.05, 3.63) is 47.7 Å². The third-order valence-corrected chi connectivity index (χ3v) is 7.20. The first kappa shape index (κ1) is 24.2. The molecule has 1 aromatic carbocycles. The predicted molar refractivity (Wildman–Crippen MR) is 136 cm³/mol. The van der Waals surface area contributed by atoms with Crippen molar-refractivity contribution < 1.29 is 0 Å². The van der Waals surface area contributed by atoms with E-state index in [-0.39, 0.29) is 5.92 Å². The second-order valence-corrected chi connectivity index (χ2v) is 9.42. The summed E-state index contributed by atoms with van der Waals surface area (Å²) in [6, 6.07) is 10.7. The number of nitrogens with one attached hydrogen (secondary N) is 1. The van der Waals surface area contributed by atoms with Crippen LogP contribution >= 0.6 is 35.7 Å². The molecule has 0 aliphatic carbocycles. The van der Waals surface area contributed by atoms with Crippen LogP contribution < -0.4 is 5.32 Å². The Bertz CT molecular complexity index is 762. The van der Waals surface area contributed by atoms with Crippen molar-refractivity contribution in [3.63, 3.8) is 0 Å². The molecule has 1 aromatic heterocycles. The molecule has 158 valence electrons. The number of pyridine rings is 1. The molecule has 5 heteroatoms. The highest BCUT2D eigenvalue weighted by atomic mass is 32.2. The van der Waals surface area contributed by atoms with E-state index in [1.807, 2.05) is 6.20 Å². The summed E-state index contributed by atoms with van der Waals surface area (Å²) in [7, 11) is 0. The summed E-state index contributed by atoms with van der Waals surface area (Å²) >= 11 is 9.38. The molecule has 29 heavy (non-hydrogen) atoms. The summed E-state index contributed by atoms with van der Waals surface area (Å²) in [5.41, 5.74) is 3.56. The first-order valence-corrected chi connectivity index (χ1v) is 13.4. The van der Waals surface area contributed by atoms with E-state index >= 15 is 0 Å². The van der Waals surface area contributed by atoms with Gasteiger partial charge in [0.05, 0.1) is 10.7 Å². The molecule has 0 saturated carbocycles. The SMILES string of the molecule is CCCCCCCC[C@H](C(=S)Nc1c(SC)ncc(C)c1SC)c1ccccc1. The van der Waals surface area contributed by atoms with E-state index in [9.17, 15) is 0 Å². The minimum Gasteiger partial charge on any atom is -0.346 e. The molecule has 0 bridgehead atoms. The molecule has 0 unspecified atom stereocenters. The molecule has 0 aliphatic rings. The maximum Gasteiger partial charge on any atom is 0.120 e. The first-order valence-electron chi connectivity index (χ1n) is 10.6. The van der Waals surface area contributed by atoms with Gasteiger partial charge in [0, 0.05) is 17.0 Å². The highest BCUT2D eigenvalue weighted by molar-refractivity contribution is 7.99. The minimum atomic E-state index is 0.238. The standard InChI is InChI=1S/C24H34N2S3/c1-5-6-7-8-9-13-16-20(19-14-11-10-12-15-19)23(27)26-21-22(28-3)18(2)17-25-24(21)29-4/h10-12,14-15,17,20H,5-9,13,16H2,1-4H3,(H,26,27)/t20-/m0/s1. The summed E-state index contributed by atoms with van der Waals surface area (Å²) in [5.74, 6) is 0.238. The third kappa shape index (κ3) is 7.30. The van der Waals surface area contributed by atoms with Crippen LogP contribution in [0.2, 0.25) is 0 Å². The average Bonchev–Trinajstić information content (AvgIpc) is 2.74. The van der Waals surface area contributed by atoms with E-state index < -0.39 is 0 Å². The van der Waals surface area contributed by atoms with Crippen LogP contribution in [0.15, 0.2) is 46.5 Å². The second kappa shape index (κ2) is 13.3. The van der Waals surface area contributed by atoms with E-state index in [0.717, 1.165) is 22.1 Å². The van der Waals surface area contributed by atoms with E-state index in [1.54, 1.807) is 23.5 Å². The molecule has 0 amide bonds. The molecule has 0 fully saturated rings. The zero-order chi connectivity index (χ0) is 21.1. The Morgan fingerprint density at radius 1 is 1.03 bits per heavy atom. The monoisotopic (exact) mass is 446 g/mol. The fourth-order valence-corrected chi connectivity index (χ4v) is 5.24. The van der Waals surface area contributed by atoms with Gasteiger partial charge in [-0.1, -0.05) is 88.0 Å². The Kier molecular flexibility index (Phi) is 11.1. The number of hydrogen-bond donors (Lipinski definition) is 1. The van der Waals surface area contributed by atoms with Crippen molar-refractivity contribution in [3.8, 4) is 0 Å². The zero-order valence-corrected chi connectivity index (χ0v) is 20.6. The molecule has 1 heterocycles. The van der Waals surface area contributed by atoms with Crippen LogP contribution in [0.3, 0.4) is 0 Å². The Labute approximate surface area is 191 Å². The van der Waals surface area contributed by atoms with Gasteiger partial charge >= 0.3 is 0 Å². The van der Waals surface area contributed by atoms with Crippen LogP contribution in [0.5, 0.6) is 0 Å². The van der Waals surface area contributed by atoms with Gasteiger partial charge < -0.3 is 5.32 Å². The van der Waals surface area contributed by atoms with E-state index in [2.05, 4.69) is 67.0 Å². The lowest BCUT2D eigenvalue weighted by Gasteiger charge is -2.22. The van der Waals surface area contributed by atoms with E-state index in [0.29, 0.717) is 0 Å². The molecule has 1 N–H and O–H groups in total. The summed E-state index contributed by atoms with van der Waals surface area (Å²) in [4.78, 5) is 6.76. The molecular weight excluding hydrogens is 412 g/mol. The van der Waals surface area contributed by atoms with Gasteiger partial charge in [0.1, 0.15) is 5.03 Å². The first-order chi connectivity index (χ1) is 14.1. The number of unbranched alkanes of at least 4 members (excludes halogenated alkanes) is 5. The van der Waals surface area contributed by atoms with Crippen molar-refractivity contribution in [2.75, 3.05) is 17.8 Å². The fourth-order valence-electron chi connectivity index (χ4n) is 3.57. The van der Waals surface area contributed by atoms with Crippen LogP contribution in [-0.2, 0) is 0 Å². The zero-order valence-electron chi connectivity index (χ0n) is 18.2. The minimum absolute atomic E-state index is 0.238. The van der Waals surface area contributed by atoms with Crippen LogP contribution in [-0.4, -0.2) is 22.5 Å².